The highest BCUT2D eigenvalue weighted by Gasteiger charge is 2.09. The van der Waals surface area contributed by atoms with Crippen molar-refractivity contribution in [2.45, 2.75) is 0 Å². The highest BCUT2D eigenvalue weighted by Crippen LogP contribution is 2.22. The van der Waals surface area contributed by atoms with Crippen LogP contribution in [-0.2, 0) is 4.74 Å². The third-order valence-electron chi connectivity index (χ3n) is 2.89. The van der Waals surface area contributed by atoms with Crippen molar-refractivity contribution in [1.29, 1.82) is 0 Å². The molecule has 0 aliphatic carbocycles. The maximum atomic E-state index is 11.5. The standard InChI is InChI=1S/C17H17NO2/c1-13(20-17(19)18(2)3)14-9-11-16(12-10-14)15-7-5-4-6-8-15/h4-12H,1H2,2-3H3. The van der Waals surface area contributed by atoms with Crippen LogP contribution in [0.25, 0.3) is 16.9 Å². The predicted molar refractivity (Wildman–Crippen MR) is 81.1 cm³/mol. The van der Waals surface area contributed by atoms with Crippen LogP contribution >= 0.6 is 0 Å². The number of hydrogen-bond donors (Lipinski definition) is 0. The molecule has 0 radical (unpaired) electrons. The summed E-state index contributed by atoms with van der Waals surface area (Å²) in [6.07, 6.45) is -0.429. The van der Waals surface area contributed by atoms with Crippen LogP contribution in [0.15, 0.2) is 61.2 Å². The van der Waals surface area contributed by atoms with Crippen molar-refractivity contribution in [2.24, 2.45) is 0 Å². The first-order valence-corrected chi connectivity index (χ1v) is 6.32. The summed E-state index contributed by atoms with van der Waals surface area (Å²) >= 11 is 0. The van der Waals surface area contributed by atoms with E-state index < -0.39 is 6.09 Å². The van der Waals surface area contributed by atoms with Crippen molar-refractivity contribution in [3.05, 3.63) is 66.7 Å². The first-order chi connectivity index (χ1) is 9.58. The molecule has 2 aromatic carbocycles. The van der Waals surface area contributed by atoms with E-state index in [1.807, 2.05) is 42.5 Å². The Morgan fingerprint density at radius 2 is 1.50 bits per heavy atom. The van der Waals surface area contributed by atoms with Crippen molar-refractivity contribution in [2.75, 3.05) is 14.1 Å². The highest BCUT2D eigenvalue weighted by atomic mass is 16.6. The van der Waals surface area contributed by atoms with Gasteiger partial charge in [-0.1, -0.05) is 61.2 Å². The lowest BCUT2D eigenvalue weighted by atomic mass is 10.0. The number of amides is 1. The van der Waals surface area contributed by atoms with E-state index in [9.17, 15) is 4.79 Å². The van der Waals surface area contributed by atoms with Gasteiger partial charge >= 0.3 is 6.09 Å². The van der Waals surface area contributed by atoms with Crippen molar-refractivity contribution in [3.63, 3.8) is 0 Å². The van der Waals surface area contributed by atoms with E-state index in [2.05, 4.69) is 18.7 Å². The van der Waals surface area contributed by atoms with Crippen LogP contribution in [0.1, 0.15) is 5.56 Å². The van der Waals surface area contributed by atoms with E-state index >= 15 is 0 Å². The lowest BCUT2D eigenvalue weighted by Gasteiger charge is -2.12. The van der Waals surface area contributed by atoms with E-state index in [0.29, 0.717) is 5.76 Å². The maximum absolute atomic E-state index is 11.5. The summed E-state index contributed by atoms with van der Waals surface area (Å²) in [4.78, 5) is 12.8. The Hall–Kier alpha value is -2.55. The molecule has 102 valence electrons. The average molecular weight is 267 g/mol. The summed E-state index contributed by atoms with van der Waals surface area (Å²) in [5, 5.41) is 0. The smallest absolute Gasteiger partial charge is 0.410 e. The molecule has 0 saturated carbocycles. The zero-order valence-corrected chi connectivity index (χ0v) is 11.7. The Balaban J connectivity index is 2.12. The molecule has 0 fully saturated rings. The van der Waals surface area contributed by atoms with Gasteiger partial charge in [0, 0.05) is 19.7 Å². The van der Waals surface area contributed by atoms with Crippen LogP contribution in [0.5, 0.6) is 0 Å². The number of benzene rings is 2. The van der Waals surface area contributed by atoms with E-state index in [4.69, 9.17) is 4.74 Å². The average Bonchev–Trinajstić information content (AvgIpc) is 2.48. The van der Waals surface area contributed by atoms with Crippen molar-refractivity contribution in [3.8, 4) is 11.1 Å². The summed E-state index contributed by atoms with van der Waals surface area (Å²) in [5.41, 5.74) is 3.05. The molecule has 0 heterocycles. The molecule has 1 amide bonds. The molecule has 20 heavy (non-hydrogen) atoms. The van der Waals surface area contributed by atoms with Crippen molar-refractivity contribution in [1.82, 2.24) is 4.90 Å². The molecule has 0 saturated heterocycles. The van der Waals surface area contributed by atoms with Crippen molar-refractivity contribution >= 4 is 11.9 Å². The van der Waals surface area contributed by atoms with Crippen LogP contribution in [-0.4, -0.2) is 25.1 Å². The quantitative estimate of drug-likeness (QED) is 0.786. The lowest BCUT2D eigenvalue weighted by Crippen LogP contribution is -2.21. The fourth-order valence-corrected chi connectivity index (χ4v) is 1.73. The topological polar surface area (TPSA) is 29.5 Å². The Labute approximate surface area is 119 Å². The first-order valence-electron chi connectivity index (χ1n) is 6.32. The number of rotatable bonds is 3. The lowest BCUT2D eigenvalue weighted by molar-refractivity contribution is 0.163. The van der Waals surface area contributed by atoms with Gasteiger partial charge in [-0.05, 0) is 11.1 Å². The third kappa shape index (κ3) is 3.26. The number of ether oxygens (including phenoxy) is 1. The third-order valence-corrected chi connectivity index (χ3v) is 2.89. The number of hydrogen-bond acceptors (Lipinski definition) is 2. The molecular formula is C17H17NO2. The fraction of sp³-hybridized carbons (Fsp3) is 0.118. The van der Waals surface area contributed by atoms with Crippen LogP contribution in [0.2, 0.25) is 0 Å². The van der Waals surface area contributed by atoms with Gasteiger partial charge in [0.15, 0.2) is 0 Å². The molecule has 0 unspecified atom stereocenters. The number of nitrogens with zero attached hydrogens (tertiary/aromatic N) is 1. The summed E-state index contributed by atoms with van der Waals surface area (Å²) in [6.45, 7) is 3.78. The van der Waals surface area contributed by atoms with Gasteiger partial charge in [0.2, 0.25) is 0 Å². The molecule has 0 spiro atoms. The van der Waals surface area contributed by atoms with Gasteiger partial charge in [-0.3, -0.25) is 0 Å². The van der Waals surface area contributed by atoms with Gasteiger partial charge in [0.1, 0.15) is 5.76 Å². The molecule has 0 aromatic heterocycles. The summed E-state index contributed by atoms with van der Waals surface area (Å²) in [7, 11) is 3.27. The van der Waals surface area contributed by atoms with Gasteiger partial charge in [-0.15, -0.1) is 0 Å². The van der Waals surface area contributed by atoms with Crippen LogP contribution in [0.4, 0.5) is 4.79 Å². The van der Waals surface area contributed by atoms with E-state index in [0.717, 1.165) is 16.7 Å². The van der Waals surface area contributed by atoms with Gasteiger partial charge in [0.05, 0.1) is 0 Å². The monoisotopic (exact) mass is 267 g/mol. The Morgan fingerprint density at radius 3 is 2.05 bits per heavy atom. The van der Waals surface area contributed by atoms with E-state index in [1.165, 1.54) is 4.90 Å². The SMILES string of the molecule is C=C(OC(=O)N(C)C)c1ccc(-c2ccccc2)cc1. The summed E-state index contributed by atoms with van der Waals surface area (Å²) < 4.78 is 5.14. The number of carbonyl (C=O) groups excluding carboxylic acids is 1. The Bertz CT molecular complexity index is 601. The number of carbonyl (C=O) groups is 1. The van der Waals surface area contributed by atoms with E-state index in [-0.39, 0.29) is 0 Å². The largest absolute Gasteiger partial charge is 0.414 e. The summed E-state index contributed by atoms with van der Waals surface area (Å²) in [5.74, 6) is 0.350. The molecule has 0 N–H and O–H groups in total. The minimum absolute atomic E-state index is 0.350. The van der Waals surface area contributed by atoms with Gasteiger partial charge in [-0.25, -0.2) is 4.79 Å². The predicted octanol–water partition coefficient (Wildman–Crippen LogP) is 4.02. The molecule has 3 heteroatoms. The second kappa shape index (κ2) is 6.06. The molecular weight excluding hydrogens is 250 g/mol. The zero-order valence-electron chi connectivity index (χ0n) is 11.7. The van der Waals surface area contributed by atoms with Crippen LogP contribution in [0, 0.1) is 0 Å². The maximum Gasteiger partial charge on any atom is 0.414 e. The van der Waals surface area contributed by atoms with Crippen molar-refractivity contribution < 1.29 is 9.53 Å². The minimum Gasteiger partial charge on any atom is -0.410 e. The van der Waals surface area contributed by atoms with Gasteiger partial charge in [0.25, 0.3) is 0 Å². The van der Waals surface area contributed by atoms with E-state index in [1.54, 1.807) is 14.1 Å². The molecule has 0 aliphatic heterocycles. The second-order valence-corrected chi connectivity index (χ2v) is 4.63. The van der Waals surface area contributed by atoms with Gasteiger partial charge < -0.3 is 9.64 Å². The Morgan fingerprint density at radius 1 is 0.950 bits per heavy atom. The minimum atomic E-state index is -0.429. The molecule has 3 nitrogen and oxygen atoms in total. The second-order valence-electron chi connectivity index (χ2n) is 4.63. The highest BCUT2D eigenvalue weighted by molar-refractivity contribution is 5.76. The van der Waals surface area contributed by atoms with Crippen LogP contribution < -0.4 is 0 Å². The fourth-order valence-electron chi connectivity index (χ4n) is 1.73. The molecule has 2 rings (SSSR count). The molecule has 0 aliphatic rings. The first kappa shape index (κ1) is 13.9. The molecule has 0 bridgehead atoms. The van der Waals surface area contributed by atoms with Gasteiger partial charge in [-0.2, -0.15) is 0 Å². The molecule has 2 aromatic rings. The molecule has 0 atom stereocenters. The summed E-state index contributed by atoms with van der Waals surface area (Å²) in [6, 6.07) is 17.9. The zero-order chi connectivity index (χ0) is 14.5. The Kier molecular flexibility index (Phi) is 4.20. The van der Waals surface area contributed by atoms with Crippen LogP contribution in [0.3, 0.4) is 0 Å². The normalized spacial score (nSPS) is 9.90.